The van der Waals surface area contributed by atoms with Crippen LogP contribution in [0.2, 0.25) is 0 Å². The average Bonchev–Trinajstić information content (AvgIpc) is 3.12. The monoisotopic (exact) mass is 457 g/mol. The van der Waals surface area contributed by atoms with E-state index < -0.39 is 5.25 Å². The number of carbonyl (C=O) groups excluding carboxylic acids is 1. The minimum absolute atomic E-state index is 0.0338. The number of thiophene rings is 1. The highest BCUT2D eigenvalue weighted by Crippen LogP contribution is 2.35. The highest BCUT2D eigenvalue weighted by molar-refractivity contribution is 8.00. The van der Waals surface area contributed by atoms with E-state index in [1.54, 1.807) is 34.4 Å². The molecule has 0 aromatic carbocycles. The second kappa shape index (κ2) is 9.48. The highest BCUT2D eigenvalue weighted by Gasteiger charge is 2.24. The second-order valence-electron chi connectivity index (χ2n) is 8.25. The minimum atomic E-state index is -0.451. The first kappa shape index (κ1) is 22.0. The molecule has 1 amide bonds. The summed E-state index contributed by atoms with van der Waals surface area (Å²) in [6.45, 7) is 6.70. The van der Waals surface area contributed by atoms with Gasteiger partial charge in [-0.2, -0.15) is 0 Å². The van der Waals surface area contributed by atoms with Gasteiger partial charge in [-0.1, -0.05) is 25.6 Å². The largest absolute Gasteiger partial charge is 0.294 e. The number of nitrogens with one attached hydrogen (secondary N) is 1. The number of carbonyl (C=O) groups is 1. The molecule has 0 saturated heterocycles. The number of thioether (sulfide) groups is 1. The molecule has 0 saturated carbocycles. The van der Waals surface area contributed by atoms with Gasteiger partial charge in [0.1, 0.15) is 4.83 Å². The Balaban J connectivity index is 1.67. The van der Waals surface area contributed by atoms with Gasteiger partial charge >= 0.3 is 0 Å². The topological polar surface area (TPSA) is 89.8 Å². The van der Waals surface area contributed by atoms with Crippen LogP contribution >= 0.6 is 23.1 Å². The summed E-state index contributed by atoms with van der Waals surface area (Å²) in [6.07, 6.45) is 8.32. The smallest absolute Gasteiger partial charge is 0.263 e. The number of hydrogen-bond acceptors (Lipinski definition) is 7. The van der Waals surface area contributed by atoms with E-state index in [0.717, 1.165) is 35.9 Å². The first-order valence-electron chi connectivity index (χ1n) is 10.7. The van der Waals surface area contributed by atoms with Crippen molar-refractivity contribution in [3.05, 3.63) is 39.3 Å². The van der Waals surface area contributed by atoms with Crippen LogP contribution in [-0.4, -0.2) is 30.7 Å². The fourth-order valence-corrected chi connectivity index (χ4v) is 5.92. The zero-order valence-corrected chi connectivity index (χ0v) is 19.7. The Hall–Kier alpha value is -2.26. The summed E-state index contributed by atoms with van der Waals surface area (Å²) in [4.78, 5) is 41.3. The summed E-state index contributed by atoms with van der Waals surface area (Å²) in [5, 5.41) is 3.68. The molecule has 0 bridgehead atoms. The number of aromatic nitrogens is 4. The summed E-state index contributed by atoms with van der Waals surface area (Å²) >= 11 is 2.96. The molecule has 0 radical (unpaired) electrons. The van der Waals surface area contributed by atoms with Crippen molar-refractivity contribution in [2.75, 3.05) is 5.32 Å². The Kier molecular flexibility index (Phi) is 6.71. The lowest BCUT2D eigenvalue weighted by Crippen LogP contribution is -2.28. The Morgan fingerprint density at radius 1 is 1.23 bits per heavy atom. The molecule has 164 valence electrons. The molecule has 31 heavy (non-hydrogen) atoms. The van der Waals surface area contributed by atoms with Gasteiger partial charge in [-0.05, 0) is 56.6 Å². The van der Waals surface area contributed by atoms with Crippen LogP contribution in [0.5, 0.6) is 0 Å². The number of nitrogens with zero attached hydrogens (tertiary/aromatic N) is 4. The van der Waals surface area contributed by atoms with Gasteiger partial charge in [-0.3, -0.25) is 19.5 Å². The maximum absolute atomic E-state index is 13.5. The van der Waals surface area contributed by atoms with E-state index in [9.17, 15) is 9.59 Å². The average molecular weight is 458 g/mol. The van der Waals surface area contributed by atoms with Crippen LogP contribution in [0.4, 0.5) is 5.95 Å². The van der Waals surface area contributed by atoms with Crippen molar-refractivity contribution in [3.8, 4) is 0 Å². The number of anilines is 1. The molecular formula is C22H27N5O2S2. The number of fused-ring (bicyclic) bond motifs is 3. The lowest BCUT2D eigenvalue weighted by atomic mass is 9.97. The molecular weight excluding hydrogens is 430 g/mol. The molecule has 1 N–H and O–H groups in total. The Morgan fingerprint density at radius 2 is 1.97 bits per heavy atom. The third-order valence-corrected chi connectivity index (χ3v) is 7.70. The molecule has 3 aromatic heterocycles. The van der Waals surface area contributed by atoms with Gasteiger partial charge < -0.3 is 0 Å². The van der Waals surface area contributed by atoms with E-state index >= 15 is 0 Å². The van der Waals surface area contributed by atoms with Crippen LogP contribution in [0.15, 0.2) is 28.4 Å². The van der Waals surface area contributed by atoms with Gasteiger partial charge in [0.2, 0.25) is 11.9 Å². The Bertz CT molecular complexity index is 1140. The summed E-state index contributed by atoms with van der Waals surface area (Å²) in [5.74, 6) is 0.519. The fraction of sp³-hybridized carbons (Fsp3) is 0.500. The van der Waals surface area contributed by atoms with Crippen LogP contribution in [0.25, 0.3) is 10.2 Å². The van der Waals surface area contributed by atoms with Crippen LogP contribution < -0.4 is 10.9 Å². The minimum Gasteiger partial charge on any atom is -0.294 e. The van der Waals surface area contributed by atoms with Crippen LogP contribution in [0.1, 0.15) is 50.5 Å². The number of rotatable bonds is 7. The van der Waals surface area contributed by atoms with Gasteiger partial charge in [0.15, 0.2) is 5.16 Å². The van der Waals surface area contributed by atoms with Gasteiger partial charge in [-0.25, -0.2) is 15.0 Å². The number of aryl methyl sites for hydroxylation is 2. The molecule has 7 nitrogen and oxygen atoms in total. The molecule has 1 atom stereocenters. The van der Waals surface area contributed by atoms with Crippen molar-refractivity contribution in [1.82, 2.24) is 19.5 Å². The zero-order chi connectivity index (χ0) is 22.0. The fourth-order valence-electron chi connectivity index (χ4n) is 3.68. The van der Waals surface area contributed by atoms with Gasteiger partial charge in [-0.15, -0.1) is 11.3 Å². The highest BCUT2D eigenvalue weighted by atomic mass is 32.2. The van der Waals surface area contributed by atoms with Crippen LogP contribution in [0, 0.1) is 5.92 Å². The van der Waals surface area contributed by atoms with Crippen molar-refractivity contribution in [1.29, 1.82) is 0 Å². The number of hydrogen-bond donors (Lipinski definition) is 1. The molecule has 0 fully saturated rings. The van der Waals surface area contributed by atoms with E-state index in [4.69, 9.17) is 4.98 Å². The third kappa shape index (κ3) is 4.82. The molecule has 3 aromatic rings. The van der Waals surface area contributed by atoms with E-state index in [0.29, 0.717) is 17.6 Å². The van der Waals surface area contributed by atoms with Crippen molar-refractivity contribution in [2.24, 2.45) is 5.92 Å². The Morgan fingerprint density at radius 3 is 2.71 bits per heavy atom. The first-order valence-corrected chi connectivity index (χ1v) is 12.4. The first-order chi connectivity index (χ1) is 14.9. The van der Waals surface area contributed by atoms with Gasteiger partial charge in [0.05, 0.1) is 10.6 Å². The predicted molar refractivity (Wildman–Crippen MR) is 126 cm³/mol. The maximum atomic E-state index is 13.5. The third-order valence-electron chi connectivity index (χ3n) is 5.42. The quantitative estimate of drug-likeness (QED) is 0.420. The summed E-state index contributed by atoms with van der Waals surface area (Å²) < 4.78 is 1.78. The van der Waals surface area contributed by atoms with Gasteiger partial charge in [0, 0.05) is 23.8 Å². The zero-order valence-electron chi connectivity index (χ0n) is 18.1. The van der Waals surface area contributed by atoms with E-state index in [2.05, 4.69) is 29.1 Å². The van der Waals surface area contributed by atoms with Crippen molar-refractivity contribution in [2.45, 2.75) is 69.8 Å². The lowest BCUT2D eigenvalue weighted by molar-refractivity contribution is -0.115. The number of amides is 1. The molecule has 0 spiro atoms. The second-order valence-corrected chi connectivity index (χ2v) is 10.6. The van der Waals surface area contributed by atoms with E-state index in [-0.39, 0.29) is 17.4 Å². The standard InChI is InChI=1S/C22H27N5O2S2/c1-13(2)9-12-27-20(29)17-15-7-4-5-8-16(15)31-19(17)26-22(27)30-14(3)18(28)25-21-23-10-6-11-24-21/h6,10-11,13-14H,4-5,7-9,12H2,1-3H3,(H,23,24,25,28). The van der Waals surface area contributed by atoms with E-state index in [1.807, 2.05) is 6.92 Å². The summed E-state index contributed by atoms with van der Waals surface area (Å²) in [5.41, 5.74) is 1.23. The lowest BCUT2D eigenvalue weighted by Gasteiger charge is -2.16. The summed E-state index contributed by atoms with van der Waals surface area (Å²) in [6, 6.07) is 1.70. The SMILES string of the molecule is CC(C)CCn1c(SC(C)C(=O)Nc2ncccn2)nc2sc3c(c2c1=O)CCCC3. The Labute approximate surface area is 189 Å². The van der Waals surface area contributed by atoms with Crippen LogP contribution in [-0.2, 0) is 24.2 Å². The molecule has 1 aliphatic carbocycles. The van der Waals surface area contributed by atoms with Crippen LogP contribution in [0.3, 0.4) is 0 Å². The van der Waals surface area contributed by atoms with Crippen molar-refractivity contribution >= 4 is 45.2 Å². The van der Waals surface area contributed by atoms with Gasteiger partial charge in [0.25, 0.3) is 5.56 Å². The normalized spacial score (nSPS) is 14.6. The molecule has 4 rings (SSSR count). The molecule has 9 heteroatoms. The van der Waals surface area contributed by atoms with E-state index in [1.165, 1.54) is 28.6 Å². The van der Waals surface area contributed by atoms with Crippen molar-refractivity contribution in [3.63, 3.8) is 0 Å². The summed E-state index contributed by atoms with van der Waals surface area (Å²) in [7, 11) is 0. The maximum Gasteiger partial charge on any atom is 0.263 e. The predicted octanol–water partition coefficient (Wildman–Crippen LogP) is 4.29. The molecule has 0 aliphatic heterocycles. The molecule has 1 unspecified atom stereocenters. The van der Waals surface area contributed by atoms with Crippen molar-refractivity contribution < 1.29 is 4.79 Å². The molecule has 3 heterocycles. The molecule has 1 aliphatic rings.